The number of benzene rings is 2. The van der Waals surface area contributed by atoms with E-state index in [4.69, 9.17) is 21.3 Å². The van der Waals surface area contributed by atoms with Crippen LogP contribution in [0.5, 0.6) is 5.75 Å². The van der Waals surface area contributed by atoms with E-state index in [1.807, 2.05) is 30.3 Å². The zero-order valence-electron chi connectivity index (χ0n) is 14.9. The Morgan fingerprint density at radius 3 is 2.78 bits per heavy atom. The van der Waals surface area contributed by atoms with Gasteiger partial charge in [-0.25, -0.2) is 4.98 Å². The molecular formula is C22H19ClN2OS. The van der Waals surface area contributed by atoms with E-state index in [1.165, 1.54) is 5.56 Å². The van der Waals surface area contributed by atoms with Gasteiger partial charge in [0.05, 0.1) is 18.3 Å². The van der Waals surface area contributed by atoms with Gasteiger partial charge in [0.15, 0.2) is 0 Å². The molecule has 0 saturated heterocycles. The Morgan fingerprint density at radius 1 is 1.07 bits per heavy atom. The van der Waals surface area contributed by atoms with Gasteiger partial charge in [-0.15, -0.1) is 0 Å². The minimum Gasteiger partial charge on any atom is -0.497 e. The van der Waals surface area contributed by atoms with Crippen molar-refractivity contribution < 1.29 is 4.74 Å². The van der Waals surface area contributed by atoms with Crippen LogP contribution in [0.4, 0.5) is 0 Å². The molecule has 0 atom stereocenters. The molecule has 5 heteroatoms. The fourth-order valence-corrected chi connectivity index (χ4v) is 3.94. The maximum absolute atomic E-state index is 6.08. The van der Waals surface area contributed by atoms with Crippen molar-refractivity contribution in [2.45, 2.75) is 13.1 Å². The zero-order chi connectivity index (χ0) is 18.6. The summed E-state index contributed by atoms with van der Waals surface area (Å²) in [4.78, 5) is 4.93. The van der Waals surface area contributed by atoms with Crippen molar-refractivity contribution in [2.75, 3.05) is 7.11 Å². The van der Waals surface area contributed by atoms with E-state index in [2.05, 4.69) is 40.3 Å². The number of hydrogen-bond donors (Lipinski definition) is 1. The number of aromatic nitrogens is 1. The molecule has 2 aromatic heterocycles. The van der Waals surface area contributed by atoms with Gasteiger partial charge in [0, 0.05) is 40.5 Å². The first-order valence-electron chi connectivity index (χ1n) is 8.68. The summed E-state index contributed by atoms with van der Waals surface area (Å²) in [5, 5.41) is 9.59. The van der Waals surface area contributed by atoms with E-state index in [1.54, 1.807) is 18.4 Å². The third-order valence-electron chi connectivity index (χ3n) is 4.43. The molecule has 27 heavy (non-hydrogen) atoms. The van der Waals surface area contributed by atoms with Gasteiger partial charge in [-0.1, -0.05) is 23.7 Å². The molecule has 0 aliphatic heterocycles. The Morgan fingerprint density at radius 2 is 2.00 bits per heavy atom. The van der Waals surface area contributed by atoms with E-state index in [0.717, 1.165) is 51.6 Å². The van der Waals surface area contributed by atoms with Crippen molar-refractivity contribution in [3.63, 3.8) is 0 Å². The van der Waals surface area contributed by atoms with Crippen LogP contribution in [0.3, 0.4) is 0 Å². The number of nitrogens with one attached hydrogen (secondary N) is 1. The minimum absolute atomic E-state index is 0.729. The van der Waals surface area contributed by atoms with E-state index in [9.17, 15) is 0 Å². The molecule has 0 amide bonds. The molecule has 0 aliphatic rings. The second-order valence-electron chi connectivity index (χ2n) is 6.30. The van der Waals surface area contributed by atoms with Crippen molar-refractivity contribution in [2.24, 2.45) is 0 Å². The van der Waals surface area contributed by atoms with Crippen molar-refractivity contribution in [3.8, 4) is 17.0 Å². The van der Waals surface area contributed by atoms with E-state index in [0.29, 0.717) is 0 Å². The maximum atomic E-state index is 6.08. The van der Waals surface area contributed by atoms with E-state index in [-0.39, 0.29) is 0 Å². The predicted molar refractivity (Wildman–Crippen MR) is 114 cm³/mol. The average molecular weight is 395 g/mol. The van der Waals surface area contributed by atoms with Crippen LogP contribution in [0.15, 0.2) is 65.4 Å². The Bertz CT molecular complexity index is 1060. The summed E-state index contributed by atoms with van der Waals surface area (Å²) in [5.41, 5.74) is 5.43. The van der Waals surface area contributed by atoms with Crippen LogP contribution in [0.1, 0.15) is 11.1 Å². The molecule has 0 saturated carbocycles. The van der Waals surface area contributed by atoms with Crippen molar-refractivity contribution in [1.82, 2.24) is 10.3 Å². The standard InChI is InChI=1S/C22H19ClN2OS/c1-26-20-6-5-16-10-18(13-24-12-15-3-2-4-19(23)9-15)22(25-21(16)11-20)17-7-8-27-14-17/h2-11,14,24H,12-13H2,1H3. The van der Waals surface area contributed by atoms with Crippen LogP contribution in [0, 0.1) is 0 Å². The Labute approximate surface area is 167 Å². The number of rotatable bonds is 6. The predicted octanol–water partition coefficient (Wildman–Crippen LogP) is 5.92. The highest BCUT2D eigenvalue weighted by Gasteiger charge is 2.11. The highest BCUT2D eigenvalue weighted by Crippen LogP contribution is 2.29. The third-order valence-corrected chi connectivity index (χ3v) is 5.35. The lowest BCUT2D eigenvalue weighted by molar-refractivity contribution is 0.415. The van der Waals surface area contributed by atoms with Crippen LogP contribution in [0.2, 0.25) is 5.02 Å². The zero-order valence-corrected chi connectivity index (χ0v) is 16.5. The average Bonchev–Trinajstić information content (AvgIpc) is 3.22. The summed E-state index contributed by atoms with van der Waals surface area (Å²) in [6.45, 7) is 1.48. The lowest BCUT2D eigenvalue weighted by atomic mass is 10.0. The summed E-state index contributed by atoms with van der Waals surface area (Å²) < 4.78 is 5.35. The molecule has 1 N–H and O–H groups in total. The van der Waals surface area contributed by atoms with Gasteiger partial charge in [-0.3, -0.25) is 0 Å². The Hall–Kier alpha value is -2.40. The first kappa shape index (κ1) is 18.0. The number of fused-ring (bicyclic) bond motifs is 1. The van der Waals surface area contributed by atoms with Crippen LogP contribution in [-0.4, -0.2) is 12.1 Å². The number of pyridine rings is 1. The second-order valence-corrected chi connectivity index (χ2v) is 7.52. The molecule has 2 aromatic carbocycles. The van der Waals surface area contributed by atoms with E-state index >= 15 is 0 Å². The molecular weight excluding hydrogens is 376 g/mol. The summed E-state index contributed by atoms with van der Waals surface area (Å²) in [6, 6.07) is 18.2. The molecule has 0 spiro atoms. The summed E-state index contributed by atoms with van der Waals surface area (Å²) in [6.07, 6.45) is 0. The highest BCUT2D eigenvalue weighted by atomic mass is 35.5. The number of methoxy groups -OCH3 is 1. The van der Waals surface area contributed by atoms with Crippen LogP contribution < -0.4 is 10.1 Å². The summed E-state index contributed by atoms with van der Waals surface area (Å²) >= 11 is 7.76. The number of hydrogen-bond acceptors (Lipinski definition) is 4. The smallest absolute Gasteiger partial charge is 0.121 e. The van der Waals surface area contributed by atoms with Gasteiger partial charge in [-0.2, -0.15) is 11.3 Å². The monoisotopic (exact) mass is 394 g/mol. The van der Waals surface area contributed by atoms with Crippen LogP contribution >= 0.6 is 22.9 Å². The van der Waals surface area contributed by atoms with Gasteiger partial charge in [0.2, 0.25) is 0 Å². The highest BCUT2D eigenvalue weighted by molar-refractivity contribution is 7.08. The van der Waals surface area contributed by atoms with Gasteiger partial charge < -0.3 is 10.1 Å². The lowest BCUT2D eigenvalue weighted by Crippen LogP contribution is -2.14. The molecule has 3 nitrogen and oxygen atoms in total. The van der Waals surface area contributed by atoms with Crippen molar-refractivity contribution in [3.05, 3.63) is 81.5 Å². The fourth-order valence-electron chi connectivity index (χ4n) is 3.09. The molecule has 4 rings (SSSR count). The molecule has 0 unspecified atom stereocenters. The number of thiophene rings is 1. The summed E-state index contributed by atoms with van der Waals surface area (Å²) in [7, 11) is 1.68. The number of nitrogens with zero attached hydrogens (tertiary/aromatic N) is 1. The quantitative estimate of drug-likeness (QED) is 0.441. The second kappa shape index (κ2) is 8.09. The first-order chi connectivity index (χ1) is 13.2. The largest absolute Gasteiger partial charge is 0.497 e. The molecule has 0 aliphatic carbocycles. The first-order valence-corrected chi connectivity index (χ1v) is 10.0. The van der Waals surface area contributed by atoms with Crippen molar-refractivity contribution >= 4 is 33.8 Å². The Balaban J connectivity index is 1.64. The SMILES string of the molecule is COc1ccc2cc(CNCc3cccc(Cl)c3)c(-c3ccsc3)nc2c1. The normalized spacial score (nSPS) is 11.0. The molecule has 4 aromatic rings. The fraction of sp³-hybridized carbons (Fsp3) is 0.136. The topological polar surface area (TPSA) is 34.1 Å². The molecule has 0 bridgehead atoms. The molecule has 136 valence electrons. The molecule has 2 heterocycles. The molecule has 0 fully saturated rings. The van der Waals surface area contributed by atoms with Gasteiger partial charge in [0.1, 0.15) is 5.75 Å². The maximum Gasteiger partial charge on any atom is 0.121 e. The van der Waals surface area contributed by atoms with Gasteiger partial charge in [0.25, 0.3) is 0 Å². The Kier molecular flexibility index (Phi) is 5.39. The minimum atomic E-state index is 0.729. The van der Waals surface area contributed by atoms with Crippen molar-refractivity contribution in [1.29, 1.82) is 0 Å². The third kappa shape index (κ3) is 4.14. The van der Waals surface area contributed by atoms with E-state index < -0.39 is 0 Å². The summed E-state index contributed by atoms with van der Waals surface area (Å²) in [5.74, 6) is 0.818. The lowest BCUT2D eigenvalue weighted by Gasteiger charge is -2.12. The van der Waals surface area contributed by atoms with Crippen LogP contribution in [-0.2, 0) is 13.1 Å². The van der Waals surface area contributed by atoms with Crippen LogP contribution in [0.25, 0.3) is 22.2 Å². The molecule has 0 radical (unpaired) electrons. The van der Waals surface area contributed by atoms with Gasteiger partial charge >= 0.3 is 0 Å². The van der Waals surface area contributed by atoms with Gasteiger partial charge in [-0.05, 0) is 52.9 Å². The number of ether oxygens (including phenoxy) is 1. The number of halogens is 1.